The van der Waals surface area contributed by atoms with Crippen LogP contribution < -0.4 is 5.32 Å². The molecule has 1 saturated carbocycles. The van der Waals surface area contributed by atoms with Crippen molar-refractivity contribution in [3.05, 3.63) is 34.9 Å². The number of carbonyl (C=O) groups is 2. The van der Waals surface area contributed by atoms with E-state index in [1.165, 1.54) is 0 Å². The lowest BCUT2D eigenvalue weighted by Gasteiger charge is -2.15. The van der Waals surface area contributed by atoms with E-state index in [0.717, 1.165) is 31.2 Å². The Balaban J connectivity index is 1.75. The SMILES string of the molecule is O=C(O)CCCCCNC(=O)C1(c2ccc(Cl)cc2)CC1. The van der Waals surface area contributed by atoms with Crippen molar-refractivity contribution in [1.82, 2.24) is 5.32 Å². The average molecular weight is 310 g/mol. The van der Waals surface area contributed by atoms with Crippen molar-refractivity contribution in [2.45, 2.75) is 43.9 Å². The van der Waals surface area contributed by atoms with Crippen molar-refractivity contribution >= 4 is 23.5 Å². The molecular formula is C16H20ClNO3. The number of carbonyl (C=O) groups excluding carboxylic acids is 1. The number of carboxylic acid groups (broad SMARTS) is 1. The second-order valence-electron chi connectivity index (χ2n) is 5.55. The van der Waals surface area contributed by atoms with Gasteiger partial charge in [-0.1, -0.05) is 30.2 Å². The molecule has 2 rings (SSSR count). The molecule has 114 valence electrons. The van der Waals surface area contributed by atoms with E-state index in [4.69, 9.17) is 16.7 Å². The van der Waals surface area contributed by atoms with Crippen molar-refractivity contribution in [2.75, 3.05) is 6.54 Å². The summed E-state index contributed by atoms with van der Waals surface area (Å²) in [5.74, 6) is -0.693. The van der Waals surface area contributed by atoms with Crippen LogP contribution in [0.25, 0.3) is 0 Å². The summed E-state index contributed by atoms with van der Waals surface area (Å²) >= 11 is 5.87. The molecule has 1 fully saturated rings. The van der Waals surface area contributed by atoms with Crippen LogP contribution in [0.15, 0.2) is 24.3 Å². The summed E-state index contributed by atoms with van der Waals surface area (Å²) in [6.07, 6.45) is 4.24. The Labute approximate surface area is 129 Å². The molecule has 0 saturated heterocycles. The summed E-state index contributed by atoms with van der Waals surface area (Å²) in [4.78, 5) is 22.7. The minimum Gasteiger partial charge on any atom is -0.481 e. The predicted octanol–water partition coefficient (Wildman–Crippen LogP) is 3.13. The number of nitrogens with one attached hydrogen (secondary N) is 1. The lowest BCUT2D eigenvalue weighted by Crippen LogP contribution is -2.35. The zero-order valence-corrected chi connectivity index (χ0v) is 12.7. The van der Waals surface area contributed by atoms with Crippen LogP contribution in [0.4, 0.5) is 0 Å². The van der Waals surface area contributed by atoms with Gasteiger partial charge in [0.15, 0.2) is 0 Å². The van der Waals surface area contributed by atoms with Crippen molar-refractivity contribution < 1.29 is 14.7 Å². The van der Waals surface area contributed by atoms with E-state index in [-0.39, 0.29) is 17.7 Å². The summed E-state index contributed by atoms with van der Waals surface area (Å²) in [5, 5.41) is 12.2. The molecule has 1 aliphatic carbocycles. The smallest absolute Gasteiger partial charge is 0.303 e. The standard InChI is InChI=1S/C16H20ClNO3/c17-13-7-5-12(6-8-13)16(9-10-16)15(21)18-11-3-1-2-4-14(19)20/h5-8H,1-4,9-11H2,(H,18,21)(H,19,20). The normalized spacial score (nSPS) is 15.5. The average Bonchev–Trinajstić information content (AvgIpc) is 3.24. The molecule has 2 N–H and O–H groups in total. The van der Waals surface area contributed by atoms with Gasteiger partial charge in [0.1, 0.15) is 0 Å². The highest BCUT2D eigenvalue weighted by Crippen LogP contribution is 2.48. The lowest BCUT2D eigenvalue weighted by atomic mass is 9.95. The highest BCUT2D eigenvalue weighted by molar-refractivity contribution is 6.30. The number of hydrogen-bond acceptors (Lipinski definition) is 2. The Morgan fingerprint density at radius 3 is 2.38 bits per heavy atom. The molecule has 21 heavy (non-hydrogen) atoms. The molecule has 0 heterocycles. The van der Waals surface area contributed by atoms with Crippen LogP contribution in [-0.4, -0.2) is 23.5 Å². The van der Waals surface area contributed by atoms with Gasteiger partial charge in [0, 0.05) is 18.0 Å². The van der Waals surface area contributed by atoms with Gasteiger partial charge in [-0.05, 0) is 43.4 Å². The first-order valence-electron chi connectivity index (χ1n) is 7.31. The minimum atomic E-state index is -0.765. The van der Waals surface area contributed by atoms with Gasteiger partial charge in [0.2, 0.25) is 5.91 Å². The predicted molar refractivity (Wildman–Crippen MR) is 81.5 cm³/mol. The van der Waals surface area contributed by atoms with Gasteiger partial charge in [0.05, 0.1) is 5.41 Å². The molecule has 0 spiro atoms. The van der Waals surface area contributed by atoms with Gasteiger partial charge in [-0.2, -0.15) is 0 Å². The van der Waals surface area contributed by atoms with Gasteiger partial charge in [0.25, 0.3) is 0 Å². The Bertz CT molecular complexity index is 509. The summed E-state index contributed by atoms with van der Waals surface area (Å²) in [6, 6.07) is 7.47. The van der Waals surface area contributed by atoms with Gasteiger partial charge in [-0.3, -0.25) is 9.59 Å². The Morgan fingerprint density at radius 1 is 1.14 bits per heavy atom. The number of carboxylic acids is 1. The number of benzene rings is 1. The first-order valence-corrected chi connectivity index (χ1v) is 7.68. The molecule has 1 aliphatic rings. The number of unbranched alkanes of at least 4 members (excludes halogenated alkanes) is 2. The molecule has 0 aromatic heterocycles. The second kappa shape index (κ2) is 6.94. The molecule has 4 nitrogen and oxygen atoms in total. The fourth-order valence-electron chi connectivity index (χ4n) is 2.49. The first kappa shape index (κ1) is 15.8. The molecule has 0 unspecified atom stereocenters. The first-order chi connectivity index (χ1) is 10.0. The molecule has 1 aromatic carbocycles. The van der Waals surface area contributed by atoms with Gasteiger partial charge in [-0.15, -0.1) is 0 Å². The van der Waals surface area contributed by atoms with Crippen LogP contribution in [0.3, 0.4) is 0 Å². The van der Waals surface area contributed by atoms with Gasteiger partial charge < -0.3 is 10.4 Å². The van der Waals surface area contributed by atoms with Crippen LogP contribution >= 0.6 is 11.6 Å². The van der Waals surface area contributed by atoms with E-state index in [0.29, 0.717) is 18.0 Å². The summed E-state index contributed by atoms with van der Waals surface area (Å²) in [7, 11) is 0. The number of aliphatic carboxylic acids is 1. The lowest BCUT2D eigenvalue weighted by molar-refractivity contribution is -0.137. The summed E-state index contributed by atoms with van der Waals surface area (Å²) in [5.41, 5.74) is 0.654. The second-order valence-corrected chi connectivity index (χ2v) is 5.99. The third kappa shape index (κ3) is 4.21. The quantitative estimate of drug-likeness (QED) is 0.725. The van der Waals surface area contributed by atoms with Crippen molar-refractivity contribution in [2.24, 2.45) is 0 Å². The molecule has 1 amide bonds. The van der Waals surface area contributed by atoms with Crippen molar-refractivity contribution in [1.29, 1.82) is 0 Å². The Hall–Kier alpha value is -1.55. The monoisotopic (exact) mass is 309 g/mol. The Morgan fingerprint density at radius 2 is 1.81 bits per heavy atom. The minimum absolute atomic E-state index is 0.0723. The third-order valence-electron chi connectivity index (χ3n) is 3.93. The molecule has 5 heteroatoms. The van der Waals surface area contributed by atoms with Crippen LogP contribution in [0.2, 0.25) is 5.02 Å². The molecule has 0 atom stereocenters. The van der Waals surface area contributed by atoms with E-state index in [1.54, 1.807) is 0 Å². The van der Waals surface area contributed by atoms with E-state index in [2.05, 4.69) is 5.32 Å². The summed E-state index contributed by atoms with van der Waals surface area (Å²) in [6.45, 7) is 0.605. The zero-order chi connectivity index (χ0) is 15.3. The molecule has 0 aliphatic heterocycles. The topological polar surface area (TPSA) is 66.4 Å². The maximum absolute atomic E-state index is 12.3. The third-order valence-corrected chi connectivity index (χ3v) is 4.19. The van der Waals surface area contributed by atoms with E-state index in [1.807, 2.05) is 24.3 Å². The number of amides is 1. The van der Waals surface area contributed by atoms with E-state index >= 15 is 0 Å². The number of hydrogen-bond donors (Lipinski definition) is 2. The Kier molecular flexibility index (Phi) is 5.23. The highest BCUT2D eigenvalue weighted by atomic mass is 35.5. The fourth-order valence-corrected chi connectivity index (χ4v) is 2.62. The number of rotatable bonds is 8. The number of halogens is 1. The maximum Gasteiger partial charge on any atom is 0.303 e. The van der Waals surface area contributed by atoms with Crippen LogP contribution in [0, 0.1) is 0 Å². The molecule has 0 radical (unpaired) electrons. The largest absolute Gasteiger partial charge is 0.481 e. The van der Waals surface area contributed by atoms with Gasteiger partial charge in [-0.25, -0.2) is 0 Å². The maximum atomic E-state index is 12.3. The van der Waals surface area contributed by atoms with E-state index in [9.17, 15) is 9.59 Å². The van der Waals surface area contributed by atoms with Gasteiger partial charge >= 0.3 is 5.97 Å². The molecular weight excluding hydrogens is 290 g/mol. The summed E-state index contributed by atoms with van der Waals surface area (Å²) < 4.78 is 0. The highest BCUT2D eigenvalue weighted by Gasteiger charge is 2.50. The van der Waals surface area contributed by atoms with Crippen molar-refractivity contribution in [3.8, 4) is 0 Å². The molecule has 0 bridgehead atoms. The zero-order valence-electron chi connectivity index (χ0n) is 11.9. The van der Waals surface area contributed by atoms with Crippen LogP contribution in [-0.2, 0) is 15.0 Å². The molecule has 1 aromatic rings. The van der Waals surface area contributed by atoms with Crippen molar-refractivity contribution in [3.63, 3.8) is 0 Å². The van der Waals surface area contributed by atoms with E-state index < -0.39 is 5.97 Å². The van der Waals surface area contributed by atoms with Crippen LogP contribution in [0.5, 0.6) is 0 Å². The van der Waals surface area contributed by atoms with Crippen LogP contribution in [0.1, 0.15) is 44.1 Å². The fraction of sp³-hybridized carbons (Fsp3) is 0.500.